The van der Waals surface area contributed by atoms with Crippen LogP contribution in [0.25, 0.3) is 16.9 Å². The Hall–Kier alpha value is -3.15. The van der Waals surface area contributed by atoms with Gasteiger partial charge in [-0.15, -0.1) is 5.10 Å². The van der Waals surface area contributed by atoms with E-state index < -0.39 is 36.0 Å². The van der Waals surface area contributed by atoms with Gasteiger partial charge in [0.2, 0.25) is 0 Å². The van der Waals surface area contributed by atoms with E-state index in [-0.39, 0.29) is 16.1 Å². The van der Waals surface area contributed by atoms with Gasteiger partial charge in [0, 0.05) is 18.8 Å². The molecular weight excluding hydrogens is 427 g/mol. The lowest BCUT2D eigenvalue weighted by molar-refractivity contribution is -0.141. The summed E-state index contributed by atoms with van der Waals surface area (Å²) in [6, 6.07) is 4.00. The second-order valence-corrected chi connectivity index (χ2v) is 6.08. The van der Waals surface area contributed by atoms with E-state index in [2.05, 4.69) is 14.9 Å². The number of rotatable bonds is 5. The molecule has 0 saturated heterocycles. The average molecular weight is 437 g/mol. The van der Waals surface area contributed by atoms with Gasteiger partial charge in [0.1, 0.15) is 0 Å². The van der Waals surface area contributed by atoms with Gasteiger partial charge in [-0.25, -0.2) is 14.2 Å². The second kappa shape index (κ2) is 7.35. The molecular formula is C16H10ClF5N4O3. The van der Waals surface area contributed by atoms with Gasteiger partial charge in [0.25, 0.3) is 5.88 Å². The number of aryl methyl sites for hydroxylation is 1. The van der Waals surface area contributed by atoms with Crippen LogP contribution in [0, 0.1) is 0 Å². The molecule has 0 saturated carbocycles. The third-order valence-electron chi connectivity index (χ3n) is 3.80. The Morgan fingerprint density at radius 1 is 1.28 bits per heavy atom. The fourth-order valence-electron chi connectivity index (χ4n) is 2.63. The predicted octanol–water partition coefficient (Wildman–Crippen LogP) is 4.24. The molecule has 0 aliphatic rings. The number of carbonyl (C=O) groups is 1. The van der Waals surface area contributed by atoms with E-state index >= 15 is 0 Å². The first kappa shape index (κ1) is 20.6. The molecule has 2 aromatic heterocycles. The van der Waals surface area contributed by atoms with Crippen LogP contribution in [0.3, 0.4) is 0 Å². The fourth-order valence-corrected chi connectivity index (χ4v) is 2.82. The van der Waals surface area contributed by atoms with E-state index in [4.69, 9.17) is 16.7 Å². The van der Waals surface area contributed by atoms with Crippen molar-refractivity contribution in [3.05, 3.63) is 46.7 Å². The Balaban J connectivity index is 2.11. The van der Waals surface area contributed by atoms with Gasteiger partial charge in [-0.1, -0.05) is 17.7 Å². The topological polar surface area (TPSA) is 82.2 Å². The molecule has 3 aromatic rings. The van der Waals surface area contributed by atoms with Gasteiger partial charge < -0.3 is 9.84 Å². The molecule has 0 radical (unpaired) electrons. The van der Waals surface area contributed by atoms with Crippen LogP contribution in [0.5, 0.6) is 5.88 Å². The first-order valence-corrected chi connectivity index (χ1v) is 8.04. The number of aromatic carboxylic acids is 1. The van der Waals surface area contributed by atoms with Crippen LogP contribution >= 0.6 is 11.6 Å². The average Bonchev–Trinajstić information content (AvgIpc) is 3.18. The SMILES string of the molecule is Cn1nc(OC(F)F)c(C(F)(F)F)c1-n1cc(-c2ccc(Cl)c(C(=O)O)c2)cn1. The van der Waals surface area contributed by atoms with Crippen molar-refractivity contribution in [1.82, 2.24) is 19.6 Å². The van der Waals surface area contributed by atoms with Crippen LogP contribution in [0.15, 0.2) is 30.6 Å². The molecule has 29 heavy (non-hydrogen) atoms. The number of halogens is 6. The summed E-state index contributed by atoms with van der Waals surface area (Å²) in [5.74, 6) is -3.24. The minimum Gasteiger partial charge on any atom is -0.478 e. The van der Waals surface area contributed by atoms with E-state index in [0.29, 0.717) is 10.2 Å². The molecule has 0 spiro atoms. The number of nitrogens with zero attached hydrogens (tertiary/aromatic N) is 4. The van der Waals surface area contributed by atoms with E-state index in [1.54, 1.807) is 0 Å². The van der Waals surface area contributed by atoms with Crippen molar-refractivity contribution in [3.63, 3.8) is 0 Å². The Bertz CT molecular complexity index is 1080. The number of benzene rings is 1. The fraction of sp³-hybridized carbons (Fsp3) is 0.188. The Kier molecular flexibility index (Phi) is 5.22. The minimum absolute atomic E-state index is 0.0200. The molecule has 0 aliphatic heterocycles. The van der Waals surface area contributed by atoms with Gasteiger partial charge in [0.15, 0.2) is 11.4 Å². The van der Waals surface area contributed by atoms with Gasteiger partial charge in [0.05, 0.1) is 16.8 Å². The van der Waals surface area contributed by atoms with Crippen molar-refractivity contribution in [2.75, 3.05) is 0 Å². The van der Waals surface area contributed by atoms with E-state index in [0.717, 1.165) is 17.9 Å². The highest BCUT2D eigenvalue weighted by molar-refractivity contribution is 6.33. The highest BCUT2D eigenvalue weighted by atomic mass is 35.5. The summed E-state index contributed by atoms with van der Waals surface area (Å²) in [6.07, 6.45) is -2.72. The van der Waals surface area contributed by atoms with E-state index in [9.17, 15) is 26.7 Å². The minimum atomic E-state index is -5.06. The molecule has 0 atom stereocenters. The van der Waals surface area contributed by atoms with Crippen molar-refractivity contribution in [2.24, 2.45) is 7.05 Å². The van der Waals surface area contributed by atoms with Gasteiger partial charge in [-0.2, -0.15) is 27.1 Å². The highest BCUT2D eigenvalue weighted by Gasteiger charge is 2.42. The van der Waals surface area contributed by atoms with Crippen LogP contribution < -0.4 is 4.74 Å². The van der Waals surface area contributed by atoms with Crippen LogP contribution in [0.2, 0.25) is 5.02 Å². The standard InChI is InChI=1S/C16H10ClF5N4O3/c1-25-13(11(16(20,21)22)12(24-25)29-15(18)19)26-6-8(5-23-26)7-2-3-10(17)9(4-7)14(27)28/h2-6,15H,1H3,(H,27,28). The first-order chi connectivity index (χ1) is 13.5. The molecule has 0 aliphatic carbocycles. The maximum atomic E-state index is 13.5. The zero-order valence-electron chi connectivity index (χ0n) is 14.3. The molecule has 7 nitrogen and oxygen atoms in total. The summed E-state index contributed by atoms with van der Waals surface area (Å²) < 4.78 is 70.7. The number of hydrogen-bond donors (Lipinski definition) is 1. The molecule has 0 bridgehead atoms. The second-order valence-electron chi connectivity index (χ2n) is 5.68. The lowest BCUT2D eigenvalue weighted by atomic mass is 10.1. The zero-order chi connectivity index (χ0) is 21.5. The largest absolute Gasteiger partial charge is 0.478 e. The van der Waals surface area contributed by atoms with Crippen molar-refractivity contribution in [2.45, 2.75) is 12.8 Å². The highest BCUT2D eigenvalue weighted by Crippen LogP contribution is 2.40. The molecule has 154 valence electrons. The number of hydrogen-bond acceptors (Lipinski definition) is 4. The van der Waals surface area contributed by atoms with Gasteiger partial charge >= 0.3 is 18.8 Å². The normalized spacial score (nSPS) is 11.9. The molecule has 1 aromatic carbocycles. The molecule has 0 amide bonds. The quantitative estimate of drug-likeness (QED) is 0.605. The maximum absolute atomic E-state index is 13.5. The predicted molar refractivity (Wildman–Crippen MR) is 89.4 cm³/mol. The van der Waals surface area contributed by atoms with Crippen molar-refractivity contribution in [1.29, 1.82) is 0 Å². The summed E-state index contributed by atoms with van der Waals surface area (Å²) in [5.41, 5.74) is -1.16. The lowest BCUT2D eigenvalue weighted by Gasteiger charge is -2.10. The van der Waals surface area contributed by atoms with Crippen molar-refractivity contribution in [3.8, 4) is 22.8 Å². The molecule has 0 fully saturated rings. The summed E-state index contributed by atoms with van der Waals surface area (Å²) in [6.45, 7) is -3.50. The van der Waals surface area contributed by atoms with E-state index in [1.807, 2.05) is 0 Å². The summed E-state index contributed by atoms with van der Waals surface area (Å²) in [7, 11) is 1.11. The van der Waals surface area contributed by atoms with Crippen LogP contribution in [-0.4, -0.2) is 37.2 Å². The Morgan fingerprint density at radius 2 is 1.97 bits per heavy atom. The monoisotopic (exact) mass is 436 g/mol. The Labute approximate surface area is 163 Å². The van der Waals surface area contributed by atoms with Crippen LogP contribution in [-0.2, 0) is 13.2 Å². The molecule has 3 rings (SSSR count). The third-order valence-corrected chi connectivity index (χ3v) is 4.13. The van der Waals surface area contributed by atoms with Crippen molar-refractivity contribution >= 4 is 17.6 Å². The van der Waals surface area contributed by atoms with Gasteiger partial charge in [-0.05, 0) is 17.7 Å². The number of aromatic nitrogens is 4. The smallest absolute Gasteiger partial charge is 0.425 e. The van der Waals surface area contributed by atoms with Crippen LogP contribution in [0.4, 0.5) is 22.0 Å². The third kappa shape index (κ3) is 4.01. The molecule has 13 heteroatoms. The van der Waals surface area contributed by atoms with Crippen molar-refractivity contribution < 1.29 is 36.6 Å². The van der Waals surface area contributed by atoms with E-state index in [1.165, 1.54) is 24.4 Å². The molecule has 0 unspecified atom stereocenters. The number of alkyl halides is 5. The summed E-state index contributed by atoms with van der Waals surface area (Å²) in [5, 5.41) is 16.3. The summed E-state index contributed by atoms with van der Waals surface area (Å²) >= 11 is 5.80. The summed E-state index contributed by atoms with van der Waals surface area (Å²) in [4.78, 5) is 11.2. The molecule has 1 N–H and O–H groups in total. The van der Waals surface area contributed by atoms with Gasteiger partial charge in [-0.3, -0.25) is 0 Å². The van der Waals surface area contributed by atoms with Crippen LogP contribution in [0.1, 0.15) is 15.9 Å². The number of carboxylic acids is 1. The first-order valence-electron chi connectivity index (χ1n) is 7.66. The zero-order valence-corrected chi connectivity index (χ0v) is 15.0. The Morgan fingerprint density at radius 3 is 2.55 bits per heavy atom. The number of carboxylic acid groups (broad SMARTS) is 1. The lowest BCUT2D eigenvalue weighted by Crippen LogP contribution is -2.14. The molecule has 2 heterocycles. The maximum Gasteiger partial charge on any atom is 0.425 e. The number of ether oxygens (including phenoxy) is 1.